The Balaban J connectivity index is -0.0000000453. The minimum atomic E-state index is -4.16. The summed E-state index contributed by atoms with van der Waals surface area (Å²) in [7, 11) is -3.29. The van der Waals surface area contributed by atoms with Gasteiger partial charge >= 0.3 is 10.4 Å². The zero-order valence-electron chi connectivity index (χ0n) is 7.32. The lowest BCUT2D eigenvalue weighted by atomic mass is 11.3. The van der Waals surface area contributed by atoms with E-state index in [1.54, 1.807) is 0 Å². The Bertz CT molecular complexity index is 146. The van der Waals surface area contributed by atoms with E-state index >= 15 is 0 Å². The molecule has 0 radical (unpaired) electrons. The second-order valence-electron chi connectivity index (χ2n) is 0.594. The first kappa shape index (κ1) is 22.5. The van der Waals surface area contributed by atoms with E-state index in [1.807, 2.05) is 0 Å². The Kier molecular flexibility index (Phi) is 42.1. The molecule has 4 nitrogen and oxygen atoms in total. The molecule has 0 saturated heterocycles. The number of hydrogen-bond acceptors (Lipinski definition) is 3. The van der Waals surface area contributed by atoms with Gasteiger partial charge in [0.15, 0.2) is 0 Å². The Morgan fingerprint density at radius 1 is 1.00 bits per heavy atom. The van der Waals surface area contributed by atoms with Crippen molar-refractivity contribution in [2.24, 2.45) is 0 Å². The summed E-state index contributed by atoms with van der Waals surface area (Å²) in [5, 5.41) is 0. The SMILES string of the molecule is C=C.C=C.C=C.COS(=O)(=O)O. The van der Waals surface area contributed by atoms with Crippen molar-refractivity contribution < 1.29 is 17.2 Å². The van der Waals surface area contributed by atoms with Crippen LogP contribution in [0.1, 0.15) is 0 Å². The highest BCUT2D eigenvalue weighted by atomic mass is 32.3. The van der Waals surface area contributed by atoms with E-state index in [0.29, 0.717) is 0 Å². The van der Waals surface area contributed by atoms with Crippen molar-refractivity contribution >= 4 is 10.4 Å². The largest absolute Gasteiger partial charge is 0.397 e. The maximum Gasteiger partial charge on any atom is 0.397 e. The molecule has 0 aromatic heterocycles. The van der Waals surface area contributed by atoms with E-state index in [2.05, 4.69) is 43.7 Å². The second-order valence-corrected chi connectivity index (χ2v) is 1.78. The Morgan fingerprint density at radius 3 is 1.08 bits per heavy atom. The fourth-order valence-corrected chi connectivity index (χ4v) is 0. The first-order valence-corrected chi connectivity index (χ1v) is 3.96. The van der Waals surface area contributed by atoms with Gasteiger partial charge in [-0.1, -0.05) is 0 Å². The molecule has 0 aliphatic heterocycles. The molecular weight excluding hydrogens is 180 g/mol. The first-order chi connectivity index (χ1) is 5.56. The van der Waals surface area contributed by atoms with Crippen LogP contribution in [0, 0.1) is 0 Å². The number of rotatable bonds is 1. The van der Waals surface area contributed by atoms with Crippen LogP contribution in [-0.4, -0.2) is 20.1 Å². The van der Waals surface area contributed by atoms with Crippen molar-refractivity contribution in [1.29, 1.82) is 0 Å². The standard InChI is InChI=1S/3C2H4.CH4O4S/c3*1-2;1-5-6(2,3)4/h3*1-2H2;1H3,(H,2,3,4). The lowest BCUT2D eigenvalue weighted by Crippen LogP contribution is -1.96. The second kappa shape index (κ2) is 22.5. The van der Waals surface area contributed by atoms with Crippen LogP contribution >= 0.6 is 0 Å². The van der Waals surface area contributed by atoms with Crippen molar-refractivity contribution in [2.45, 2.75) is 0 Å². The van der Waals surface area contributed by atoms with Crippen LogP contribution < -0.4 is 0 Å². The van der Waals surface area contributed by atoms with E-state index in [4.69, 9.17) is 4.55 Å². The van der Waals surface area contributed by atoms with E-state index in [0.717, 1.165) is 7.11 Å². The molecule has 5 heteroatoms. The van der Waals surface area contributed by atoms with Crippen LogP contribution in [0.4, 0.5) is 0 Å². The van der Waals surface area contributed by atoms with Gasteiger partial charge in [-0.2, -0.15) is 8.42 Å². The van der Waals surface area contributed by atoms with E-state index < -0.39 is 10.4 Å². The van der Waals surface area contributed by atoms with Gasteiger partial charge in [0.1, 0.15) is 0 Å². The molecule has 0 unspecified atom stereocenters. The molecule has 1 N–H and O–H groups in total. The molecular formula is C7H16O4S. The molecule has 0 spiro atoms. The molecule has 0 aromatic rings. The van der Waals surface area contributed by atoms with Gasteiger partial charge in [0.2, 0.25) is 0 Å². The molecule has 0 atom stereocenters. The number of hydrogen-bond donors (Lipinski definition) is 1. The molecule has 0 fully saturated rings. The Morgan fingerprint density at radius 2 is 1.08 bits per heavy atom. The third kappa shape index (κ3) is 136. The van der Waals surface area contributed by atoms with E-state index in [1.165, 1.54) is 0 Å². The van der Waals surface area contributed by atoms with Gasteiger partial charge in [0, 0.05) is 0 Å². The van der Waals surface area contributed by atoms with Gasteiger partial charge in [-0.15, -0.1) is 39.5 Å². The van der Waals surface area contributed by atoms with Crippen LogP contribution in [0.3, 0.4) is 0 Å². The average molecular weight is 196 g/mol. The molecule has 0 bridgehead atoms. The predicted octanol–water partition coefficient (Wildman–Crippen LogP) is 1.84. The van der Waals surface area contributed by atoms with Gasteiger partial charge in [0.25, 0.3) is 0 Å². The molecule has 0 aromatic carbocycles. The summed E-state index contributed by atoms with van der Waals surface area (Å²) < 4.78 is 29.7. The highest BCUT2D eigenvalue weighted by Gasteiger charge is 1.93. The van der Waals surface area contributed by atoms with Crippen LogP contribution in [0.2, 0.25) is 0 Å². The van der Waals surface area contributed by atoms with Crippen LogP contribution in [0.15, 0.2) is 39.5 Å². The van der Waals surface area contributed by atoms with Crippen LogP contribution in [-0.2, 0) is 14.6 Å². The Labute approximate surface area is 74.8 Å². The molecule has 0 heterocycles. The van der Waals surface area contributed by atoms with Crippen molar-refractivity contribution in [1.82, 2.24) is 0 Å². The zero-order valence-corrected chi connectivity index (χ0v) is 8.14. The van der Waals surface area contributed by atoms with Crippen molar-refractivity contribution in [3.63, 3.8) is 0 Å². The molecule has 0 rings (SSSR count). The minimum Gasteiger partial charge on any atom is -0.264 e. The summed E-state index contributed by atoms with van der Waals surface area (Å²) in [6, 6.07) is 0. The van der Waals surface area contributed by atoms with Crippen molar-refractivity contribution in [2.75, 3.05) is 7.11 Å². The van der Waals surface area contributed by atoms with Gasteiger partial charge < -0.3 is 0 Å². The monoisotopic (exact) mass is 196 g/mol. The summed E-state index contributed by atoms with van der Waals surface area (Å²) >= 11 is 0. The molecule has 0 saturated carbocycles. The topological polar surface area (TPSA) is 63.6 Å². The van der Waals surface area contributed by atoms with Gasteiger partial charge in [0.05, 0.1) is 7.11 Å². The summed E-state index contributed by atoms with van der Waals surface area (Å²) in [5.41, 5.74) is 0. The zero-order chi connectivity index (χ0) is 11.2. The molecule has 74 valence electrons. The van der Waals surface area contributed by atoms with E-state index in [9.17, 15) is 8.42 Å². The maximum atomic E-state index is 9.33. The van der Waals surface area contributed by atoms with Crippen LogP contribution in [0.5, 0.6) is 0 Å². The third-order valence-electron chi connectivity index (χ3n) is 0.211. The fraction of sp³-hybridized carbons (Fsp3) is 0.143. The molecule has 0 aliphatic carbocycles. The summed E-state index contributed by atoms with van der Waals surface area (Å²) in [5.74, 6) is 0. The third-order valence-corrected chi connectivity index (χ3v) is 0.632. The lowest BCUT2D eigenvalue weighted by Gasteiger charge is -1.82. The normalized spacial score (nSPS) is 6.83. The van der Waals surface area contributed by atoms with Gasteiger partial charge in [-0.05, 0) is 0 Å². The van der Waals surface area contributed by atoms with Crippen molar-refractivity contribution in [3.8, 4) is 0 Å². The molecule has 12 heavy (non-hydrogen) atoms. The Hall–Kier alpha value is -0.910. The highest BCUT2D eigenvalue weighted by Crippen LogP contribution is 1.74. The quantitative estimate of drug-likeness (QED) is 0.513. The summed E-state index contributed by atoms with van der Waals surface area (Å²) in [6.07, 6.45) is 0. The van der Waals surface area contributed by atoms with E-state index in [-0.39, 0.29) is 0 Å². The van der Waals surface area contributed by atoms with Gasteiger partial charge in [-0.25, -0.2) is 0 Å². The minimum absolute atomic E-state index is 0.870. The smallest absolute Gasteiger partial charge is 0.264 e. The summed E-state index contributed by atoms with van der Waals surface area (Å²) in [4.78, 5) is 0. The maximum absolute atomic E-state index is 9.33. The lowest BCUT2D eigenvalue weighted by molar-refractivity contribution is 0.324. The predicted molar refractivity (Wildman–Crippen MR) is 52.3 cm³/mol. The van der Waals surface area contributed by atoms with Gasteiger partial charge in [-0.3, -0.25) is 8.74 Å². The first-order valence-electron chi connectivity index (χ1n) is 2.59. The highest BCUT2D eigenvalue weighted by molar-refractivity contribution is 7.80. The molecule has 0 aliphatic rings. The average Bonchev–Trinajstić information content (AvgIpc) is 2.14. The van der Waals surface area contributed by atoms with Crippen molar-refractivity contribution in [3.05, 3.63) is 39.5 Å². The fourth-order valence-electron chi connectivity index (χ4n) is 0. The summed E-state index contributed by atoms with van der Waals surface area (Å²) in [6.45, 7) is 18.0. The van der Waals surface area contributed by atoms with Crippen LogP contribution in [0.25, 0.3) is 0 Å². The molecule has 0 amide bonds.